The summed E-state index contributed by atoms with van der Waals surface area (Å²) in [5.74, 6) is 0. The second-order valence-corrected chi connectivity index (χ2v) is 4.61. The molecule has 0 radical (unpaired) electrons. The highest BCUT2D eigenvalue weighted by molar-refractivity contribution is 5.80. The van der Waals surface area contributed by atoms with E-state index in [2.05, 4.69) is 10.2 Å². The molecule has 0 N–H and O–H groups in total. The van der Waals surface area contributed by atoms with E-state index in [1.165, 1.54) is 4.68 Å². The van der Waals surface area contributed by atoms with Crippen LogP contribution in [0.1, 0.15) is 11.3 Å². The third-order valence-electron chi connectivity index (χ3n) is 3.20. The van der Waals surface area contributed by atoms with Crippen molar-refractivity contribution in [3.8, 4) is 0 Å². The Hall–Kier alpha value is -2.43. The molecule has 3 rings (SSSR count). The molecule has 0 aliphatic heterocycles. The van der Waals surface area contributed by atoms with E-state index >= 15 is 0 Å². The number of fused-ring (bicyclic) bond motifs is 1. The molecule has 0 saturated carbocycles. The van der Waals surface area contributed by atoms with E-state index in [-0.39, 0.29) is 5.56 Å². The fourth-order valence-corrected chi connectivity index (χ4v) is 2.21. The van der Waals surface area contributed by atoms with E-state index in [0.717, 1.165) is 16.6 Å². The van der Waals surface area contributed by atoms with Gasteiger partial charge in [0.1, 0.15) is 0 Å². The molecule has 0 fully saturated rings. The normalized spacial score (nSPS) is 11.1. The lowest BCUT2D eigenvalue weighted by Crippen LogP contribution is -2.23. The van der Waals surface area contributed by atoms with Crippen molar-refractivity contribution >= 4 is 10.8 Å². The molecule has 0 bridgehead atoms. The van der Waals surface area contributed by atoms with Gasteiger partial charge >= 0.3 is 0 Å². The van der Waals surface area contributed by atoms with Crippen molar-refractivity contribution < 1.29 is 0 Å². The lowest BCUT2D eigenvalue weighted by atomic mass is 10.2. The van der Waals surface area contributed by atoms with E-state index in [0.29, 0.717) is 11.9 Å². The van der Waals surface area contributed by atoms with Crippen LogP contribution in [0.4, 0.5) is 0 Å². The molecule has 0 aliphatic rings. The number of hydrogen-bond acceptors (Lipinski definition) is 3. The maximum Gasteiger partial charge on any atom is 0.274 e. The van der Waals surface area contributed by atoms with Gasteiger partial charge in [-0.3, -0.25) is 9.48 Å². The van der Waals surface area contributed by atoms with Crippen LogP contribution in [0.3, 0.4) is 0 Å². The molecule has 2 aromatic heterocycles. The summed E-state index contributed by atoms with van der Waals surface area (Å²) in [6.07, 6.45) is 3.64. The Kier molecular flexibility index (Phi) is 2.67. The van der Waals surface area contributed by atoms with Gasteiger partial charge in [-0.05, 0) is 13.0 Å². The van der Waals surface area contributed by atoms with E-state index in [1.807, 2.05) is 44.4 Å². The van der Waals surface area contributed by atoms with Crippen molar-refractivity contribution in [3.05, 3.63) is 58.3 Å². The number of aryl methyl sites for hydroxylation is 2. The standard InChI is InChI=1S/C14H14N4O/c1-10-12(8-17(2)16-10)9-18-14(19)13-6-4-3-5-11(13)7-15-18/h3-8H,9H2,1-2H3. The molecule has 5 heteroatoms. The zero-order chi connectivity index (χ0) is 13.4. The van der Waals surface area contributed by atoms with Crippen LogP contribution in [0.2, 0.25) is 0 Å². The number of rotatable bonds is 2. The van der Waals surface area contributed by atoms with Crippen molar-refractivity contribution in [1.29, 1.82) is 0 Å². The van der Waals surface area contributed by atoms with Gasteiger partial charge in [0, 0.05) is 24.2 Å². The van der Waals surface area contributed by atoms with Crippen LogP contribution in [0.25, 0.3) is 10.8 Å². The van der Waals surface area contributed by atoms with Gasteiger partial charge in [0.15, 0.2) is 0 Å². The summed E-state index contributed by atoms with van der Waals surface area (Å²) in [5.41, 5.74) is 1.86. The third-order valence-corrected chi connectivity index (χ3v) is 3.20. The van der Waals surface area contributed by atoms with Gasteiger partial charge in [0.25, 0.3) is 5.56 Å². The minimum absolute atomic E-state index is 0.0682. The average molecular weight is 254 g/mol. The zero-order valence-corrected chi connectivity index (χ0v) is 10.9. The highest BCUT2D eigenvalue weighted by Crippen LogP contribution is 2.09. The fourth-order valence-electron chi connectivity index (χ4n) is 2.21. The molecule has 3 aromatic rings. The quantitative estimate of drug-likeness (QED) is 0.696. The van der Waals surface area contributed by atoms with Gasteiger partial charge in [-0.1, -0.05) is 18.2 Å². The van der Waals surface area contributed by atoms with Crippen LogP contribution in [0.5, 0.6) is 0 Å². The lowest BCUT2D eigenvalue weighted by molar-refractivity contribution is 0.645. The molecule has 0 spiro atoms. The second-order valence-electron chi connectivity index (χ2n) is 4.61. The van der Waals surface area contributed by atoms with Crippen molar-refractivity contribution in [2.24, 2.45) is 7.05 Å². The first-order chi connectivity index (χ1) is 9.15. The molecule has 0 unspecified atom stereocenters. The number of benzene rings is 1. The summed E-state index contributed by atoms with van der Waals surface area (Å²) in [5, 5.41) is 10.1. The highest BCUT2D eigenvalue weighted by Gasteiger charge is 2.08. The van der Waals surface area contributed by atoms with Crippen molar-refractivity contribution in [2.45, 2.75) is 13.5 Å². The molecular formula is C14H14N4O. The Labute approximate surface area is 110 Å². The molecule has 19 heavy (non-hydrogen) atoms. The molecule has 1 aromatic carbocycles. The largest absolute Gasteiger partial charge is 0.275 e. The number of aromatic nitrogens is 4. The summed E-state index contributed by atoms with van der Waals surface area (Å²) < 4.78 is 3.23. The third kappa shape index (κ3) is 2.03. The predicted molar refractivity (Wildman–Crippen MR) is 73.1 cm³/mol. The van der Waals surface area contributed by atoms with E-state index < -0.39 is 0 Å². The summed E-state index contributed by atoms with van der Waals surface area (Å²) in [6.45, 7) is 2.38. The number of hydrogen-bond donors (Lipinski definition) is 0. The Morgan fingerprint density at radius 1 is 1.26 bits per heavy atom. The van der Waals surface area contributed by atoms with Crippen molar-refractivity contribution in [3.63, 3.8) is 0 Å². The molecule has 0 saturated heterocycles. The predicted octanol–water partition coefficient (Wildman–Crippen LogP) is 1.49. The molecular weight excluding hydrogens is 240 g/mol. The maximum atomic E-state index is 12.3. The molecule has 0 atom stereocenters. The van der Waals surface area contributed by atoms with Gasteiger partial charge in [-0.15, -0.1) is 0 Å². The first-order valence-electron chi connectivity index (χ1n) is 6.09. The molecule has 96 valence electrons. The zero-order valence-electron chi connectivity index (χ0n) is 10.9. The first-order valence-corrected chi connectivity index (χ1v) is 6.09. The minimum atomic E-state index is -0.0682. The SMILES string of the molecule is Cc1nn(C)cc1Cn1ncc2ccccc2c1=O. The van der Waals surface area contributed by atoms with Gasteiger partial charge in [0.2, 0.25) is 0 Å². The first kappa shape index (κ1) is 11.6. The van der Waals surface area contributed by atoms with E-state index in [4.69, 9.17) is 0 Å². The van der Waals surface area contributed by atoms with Crippen molar-refractivity contribution in [1.82, 2.24) is 19.6 Å². The van der Waals surface area contributed by atoms with Crippen LogP contribution in [0, 0.1) is 6.92 Å². The minimum Gasteiger partial charge on any atom is -0.275 e. The maximum absolute atomic E-state index is 12.3. The second kappa shape index (κ2) is 4.35. The Morgan fingerprint density at radius 3 is 2.79 bits per heavy atom. The van der Waals surface area contributed by atoms with E-state index in [1.54, 1.807) is 10.9 Å². The molecule has 0 aliphatic carbocycles. The Bertz CT molecular complexity index is 801. The van der Waals surface area contributed by atoms with Crippen LogP contribution >= 0.6 is 0 Å². The van der Waals surface area contributed by atoms with Crippen LogP contribution in [0.15, 0.2) is 41.5 Å². The Balaban J connectivity index is 2.09. The summed E-state index contributed by atoms with van der Waals surface area (Å²) in [4.78, 5) is 12.3. The summed E-state index contributed by atoms with van der Waals surface area (Å²) in [7, 11) is 1.87. The van der Waals surface area contributed by atoms with Crippen LogP contribution < -0.4 is 5.56 Å². The molecule has 5 nitrogen and oxygen atoms in total. The number of nitrogens with zero attached hydrogens (tertiary/aromatic N) is 4. The average Bonchev–Trinajstić information content (AvgIpc) is 2.72. The fraction of sp³-hybridized carbons (Fsp3) is 0.214. The van der Waals surface area contributed by atoms with Crippen LogP contribution in [-0.4, -0.2) is 19.6 Å². The van der Waals surface area contributed by atoms with E-state index in [9.17, 15) is 4.79 Å². The summed E-state index contributed by atoms with van der Waals surface area (Å²) >= 11 is 0. The van der Waals surface area contributed by atoms with Gasteiger partial charge in [0.05, 0.1) is 23.8 Å². The van der Waals surface area contributed by atoms with Crippen LogP contribution in [-0.2, 0) is 13.6 Å². The molecule has 2 heterocycles. The summed E-state index contributed by atoms with van der Waals surface area (Å²) in [6, 6.07) is 7.48. The highest BCUT2D eigenvalue weighted by atomic mass is 16.1. The van der Waals surface area contributed by atoms with Gasteiger partial charge < -0.3 is 0 Å². The smallest absolute Gasteiger partial charge is 0.274 e. The topological polar surface area (TPSA) is 52.7 Å². The Morgan fingerprint density at radius 2 is 2.05 bits per heavy atom. The van der Waals surface area contributed by atoms with Gasteiger partial charge in [-0.2, -0.15) is 10.2 Å². The monoisotopic (exact) mass is 254 g/mol. The van der Waals surface area contributed by atoms with Crippen molar-refractivity contribution in [2.75, 3.05) is 0 Å². The lowest BCUT2D eigenvalue weighted by Gasteiger charge is -2.04. The molecule has 0 amide bonds. The van der Waals surface area contributed by atoms with Gasteiger partial charge in [-0.25, -0.2) is 4.68 Å².